The number of carbonyl (C=O) groups is 4. The number of aliphatic hydroxyl groups excluding tert-OH is 2. The molecule has 0 bridgehead atoms. The molecule has 10 aromatic heterocycles. The van der Waals surface area contributed by atoms with Gasteiger partial charge in [-0.1, -0.05) is 48.5 Å². The van der Waals surface area contributed by atoms with Crippen LogP contribution in [0.5, 0.6) is 0 Å². The molecule has 16 rings (SSSR count). The largest absolute Gasteiger partial charge is 0.394 e. The molecule has 0 radical (unpaired) electrons. The topological polar surface area (TPSA) is 449 Å². The lowest BCUT2D eigenvalue weighted by Gasteiger charge is -2.18. The summed E-state index contributed by atoms with van der Waals surface area (Å²) in [7, 11) is 5.53. The molecule has 0 saturated carbocycles. The maximum absolute atomic E-state index is 15.1. The monoisotopic (exact) mass is 1770 g/mol. The number of thiazole rings is 1. The Labute approximate surface area is 732 Å². The van der Waals surface area contributed by atoms with Crippen molar-refractivity contribution in [2.24, 2.45) is 35.2 Å². The third-order valence-electron chi connectivity index (χ3n) is 20.1. The van der Waals surface area contributed by atoms with E-state index in [4.69, 9.17) is 22.9 Å². The Balaban J connectivity index is 0.000000146. The number of anilines is 4. The fraction of sp³-hybridized carbons (Fsp3) is 0.133. The van der Waals surface area contributed by atoms with Gasteiger partial charge in [0.25, 0.3) is 23.6 Å². The number of nitrogen functional groups attached to an aromatic ring is 4. The van der Waals surface area contributed by atoms with Crippen LogP contribution in [0.3, 0.4) is 0 Å². The van der Waals surface area contributed by atoms with E-state index >= 15 is 4.39 Å². The third kappa shape index (κ3) is 21.7. The van der Waals surface area contributed by atoms with Crippen molar-refractivity contribution < 1.29 is 59.8 Å². The summed E-state index contributed by atoms with van der Waals surface area (Å²) in [4.78, 5) is 71.1. The molecular weight excluding hydrogens is 1690 g/mol. The Morgan fingerprint density at radius 3 is 1.14 bits per heavy atom. The standard InChI is InChI=1S/C25H24FN5O4S.C24H21F2N5O2.C21H20FN7O.C20H17FN6OS/c1-31-23(8-9-29-31)17-11-20(24(27)28-13-17)15-6-7-19(21(26)12-15)25(33)30-22(14-32)16-4-3-5-18(10-16)36(2,34)35;1-31-22(7-8-29-31)16-10-19(23(27)28-12-16)14-5-6-18(20(26)11-14)24(33)30-21(13-32)15-3-2-4-17(25)9-15;1-28-11-13(8-26-28)7-25-21(30)17-4-3-14(6-19(17)22)18-5-15(9-24-20(18)23)16-10-27-29(2)12-16;1-27-11-14(9-26-27)13-6-16(19(22)24-8-13)12-2-3-15(17(21)7-12)20(28)25-10-18-23-4-5-29-18/h3-13,22,32H,14H2,1-2H3,(H2,27,28)(H,30,33);2-12,21,32H,13H2,1H3,(H2,27,28)(H,30,33);3-6,8-12H,7H2,1-2H3,(H2,23,24)(H,25,30);2-9,11H,10H2,1H3,(H2,22,24)(H,25,28)/t22-;21-;;/m11../s1. The van der Waals surface area contributed by atoms with Crippen LogP contribution >= 0.6 is 11.3 Å². The quantitative estimate of drug-likeness (QED) is 0.0266. The molecule has 14 N–H and O–H groups in total. The first-order valence-electron chi connectivity index (χ1n) is 38.8. The maximum atomic E-state index is 15.1. The van der Waals surface area contributed by atoms with Crippen molar-refractivity contribution in [1.29, 1.82) is 0 Å². The summed E-state index contributed by atoms with van der Waals surface area (Å²) in [6.07, 6.45) is 23.1. The van der Waals surface area contributed by atoms with E-state index < -0.39 is 87.8 Å². The van der Waals surface area contributed by atoms with Gasteiger partial charge in [-0.2, -0.15) is 25.5 Å². The summed E-state index contributed by atoms with van der Waals surface area (Å²) in [5.74, 6) is -4.89. The number of pyridine rings is 4. The number of nitrogens with two attached hydrogens (primary N) is 4. The fourth-order valence-electron chi connectivity index (χ4n) is 13.4. The predicted octanol–water partition coefficient (Wildman–Crippen LogP) is 12.0. The molecule has 31 nitrogen and oxygen atoms in total. The summed E-state index contributed by atoms with van der Waals surface area (Å²) in [6, 6.07) is 37.3. The van der Waals surface area contributed by atoms with Gasteiger partial charge in [0.2, 0.25) is 0 Å². The minimum absolute atomic E-state index is 0.0414. The van der Waals surface area contributed by atoms with E-state index in [9.17, 15) is 55.4 Å². The average molecular weight is 1770 g/mol. The molecule has 16 aromatic rings. The number of carbonyl (C=O) groups excluding carboxylic acids is 4. The lowest BCUT2D eigenvalue weighted by Crippen LogP contribution is -2.31. The predicted molar refractivity (Wildman–Crippen MR) is 473 cm³/mol. The molecule has 38 heteroatoms. The maximum Gasteiger partial charge on any atom is 0.254 e. The molecule has 0 unspecified atom stereocenters. The van der Waals surface area contributed by atoms with Gasteiger partial charge >= 0.3 is 0 Å². The van der Waals surface area contributed by atoms with Gasteiger partial charge in [0, 0.05) is 177 Å². The van der Waals surface area contributed by atoms with Gasteiger partial charge in [0.15, 0.2) is 9.84 Å². The second-order valence-corrected chi connectivity index (χ2v) is 32.0. The molecule has 4 amide bonds. The summed E-state index contributed by atoms with van der Waals surface area (Å²) in [5, 5.41) is 53.0. The van der Waals surface area contributed by atoms with Crippen LogP contribution in [-0.2, 0) is 58.2 Å². The number of nitrogens with zero attached hydrogens (tertiary/aromatic N) is 15. The Hall–Kier alpha value is -15.8. The minimum atomic E-state index is -3.48. The van der Waals surface area contributed by atoms with Crippen molar-refractivity contribution in [3.63, 3.8) is 0 Å². The highest BCUT2D eigenvalue weighted by molar-refractivity contribution is 7.90. The summed E-state index contributed by atoms with van der Waals surface area (Å²) in [5.41, 5.74) is 35.7. The van der Waals surface area contributed by atoms with Crippen LogP contribution < -0.4 is 44.2 Å². The lowest BCUT2D eigenvalue weighted by atomic mass is 10.0. The van der Waals surface area contributed by atoms with Crippen molar-refractivity contribution in [3.05, 3.63) is 317 Å². The first-order valence-corrected chi connectivity index (χ1v) is 41.6. The molecule has 0 fully saturated rings. The number of aromatic nitrogens is 15. The van der Waals surface area contributed by atoms with Gasteiger partial charge < -0.3 is 54.4 Å². The highest BCUT2D eigenvalue weighted by atomic mass is 32.2. The number of aliphatic hydroxyl groups is 2. The van der Waals surface area contributed by atoms with Gasteiger partial charge in [-0.25, -0.2) is 55.3 Å². The molecule has 0 aliphatic carbocycles. The number of halogens is 5. The van der Waals surface area contributed by atoms with Crippen LogP contribution in [-0.4, -0.2) is 136 Å². The lowest BCUT2D eigenvalue weighted by molar-refractivity contribution is 0.0904. The highest BCUT2D eigenvalue weighted by Gasteiger charge is 2.25. The molecule has 0 aliphatic heterocycles. The first kappa shape index (κ1) is 89.9. The Kier molecular flexibility index (Phi) is 28.0. The van der Waals surface area contributed by atoms with Gasteiger partial charge in [-0.05, 0) is 143 Å². The molecule has 0 saturated heterocycles. The second-order valence-electron chi connectivity index (χ2n) is 29.0. The van der Waals surface area contributed by atoms with Crippen LogP contribution in [0.25, 0.3) is 89.3 Å². The van der Waals surface area contributed by atoms with E-state index in [-0.39, 0.29) is 63.5 Å². The van der Waals surface area contributed by atoms with E-state index in [1.54, 1.807) is 161 Å². The van der Waals surface area contributed by atoms with Gasteiger partial charge in [-0.3, -0.25) is 42.6 Å². The van der Waals surface area contributed by atoms with Crippen molar-refractivity contribution in [3.8, 4) is 89.3 Å². The molecule has 128 heavy (non-hydrogen) atoms. The van der Waals surface area contributed by atoms with E-state index in [0.29, 0.717) is 55.6 Å². The summed E-state index contributed by atoms with van der Waals surface area (Å²) >= 11 is 1.42. The third-order valence-corrected chi connectivity index (χ3v) is 22.0. The van der Waals surface area contributed by atoms with Gasteiger partial charge in [0.05, 0.1) is 89.0 Å². The molecule has 6 aromatic carbocycles. The zero-order chi connectivity index (χ0) is 91.2. The highest BCUT2D eigenvalue weighted by Crippen LogP contribution is 2.36. The number of aryl methyl sites for hydroxylation is 5. The number of nitrogens with one attached hydrogen (secondary N) is 4. The summed E-state index contributed by atoms with van der Waals surface area (Å²) in [6.45, 7) is -0.473. The van der Waals surface area contributed by atoms with E-state index in [1.165, 1.54) is 96.3 Å². The second kappa shape index (κ2) is 39.8. The van der Waals surface area contributed by atoms with Crippen molar-refractivity contribution in [1.82, 2.24) is 95.1 Å². The van der Waals surface area contributed by atoms with Gasteiger partial charge in [0.1, 0.15) is 57.4 Å². The smallest absolute Gasteiger partial charge is 0.254 e. The number of hydrogen-bond donors (Lipinski definition) is 10. The SMILES string of the molecule is Cn1cc(-c2cnc(N)c(-c3ccc(C(=O)NCc4nccs4)c(F)c3)c2)cn1.Cn1cc(CNC(=O)c2ccc(-c3cc(-c4cnn(C)c4)cnc3N)cc2F)cn1.Cn1nccc1-c1cnc(N)c(-c2ccc(C(=O)N[C@H](CO)c3cccc(F)c3)c(F)c2)c1.Cn1nccc1-c1cnc(N)c(-c2ccc(C(=O)N[C@H](CO)c3cccc(S(C)(=O)=O)c3)c(F)c2)c1. The van der Waals surface area contributed by atoms with Crippen molar-refractivity contribution in [2.45, 2.75) is 30.1 Å². The molecule has 0 spiro atoms. The summed E-state index contributed by atoms with van der Waals surface area (Å²) < 4.78 is 105. The Morgan fingerprint density at radius 1 is 0.406 bits per heavy atom. The van der Waals surface area contributed by atoms with E-state index in [2.05, 4.69) is 71.7 Å². The molecule has 10 heterocycles. The van der Waals surface area contributed by atoms with Gasteiger partial charge in [-0.15, -0.1) is 11.3 Å². The van der Waals surface area contributed by atoms with Crippen LogP contribution in [0.4, 0.5) is 45.2 Å². The molecule has 0 aliphatic rings. The van der Waals surface area contributed by atoms with Crippen molar-refractivity contribution >= 4 is 68.1 Å². The number of sulfone groups is 1. The Bertz CT molecular complexity index is 6900. The zero-order valence-electron chi connectivity index (χ0n) is 69.1. The number of hydrogen-bond acceptors (Lipinski definition) is 23. The van der Waals surface area contributed by atoms with Crippen LogP contribution in [0.2, 0.25) is 0 Å². The molecule has 652 valence electrons. The van der Waals surface area contributed by atoms with Crippen LogP contribution in [0, 0.1) is 29.1 Å². The number of amides is 4. The normalized spacial score (nSPS) is 11.5. The van der Waals surface area contributed by atoms with Crippen LogP contribution in [0.15, 0.2) is 249 Å². The zero-order valence-corrected chi connectivity index (χ0v) is 70.8. The van der Waals surface area contributed by atoms with E-state index in [1.807, 2.05) is 56.1 Å². The number of benzene rings is 6. The molecule has 2 atom stereocenters. The number of rotatable bonds is 23. The van der Waals surface area contributed by atoms with E-state index in [0.717, 1.165) is 61.6 Å². The average Bonchev–Trinajstić information content (AvgIpc) is 1.28. The van der Waals surface area contributed by atoms with Crippen LogP contribution in [0.1, 0.15) is 75.2 Å². The van der Waals surface area contributed by atoms with Crippen molar-refractivity contribution in [2.75, 3.05) is 42.4 Å². The molecular formula is C90H82F5N23O8S2. The minimum Gasteiger partial charge on any atom is -0.394 e. The fourth-order valence-corrected chi connectivity index (χ4v) is 14.6. The Morgan fingerprint density at radius 2 is 0.789 bits per heavy atom. The first-order chi connectivity index (χ1) is 61.4.